The molecule has 2 aromatic heterocycles. The maximum atomic E-state index is 12.9. The van der Waals surface area contributed by atoms with E-state index in [4.69, 9.17) is 11.6 Å². The number of carbonyl (C=O) groups is 1. The molecular formula is C23H23ClN4O. The van der Waals surface area contributed by atoms with Crippen LogP contribution in [-0.4, -0.2) is 27.2 Å². The number of anilines is 1. The fraction of sp³-hybridized carbons (Fsp3) is 0.261. The Balaban J connectivity index is 1.56. The predicted molar refractivity (Wildman–Crippen MR) is 116 cm³/mol. The summed E-state index contributed by atoms with van der Waals surface area (Å²) in [5.41, 5.74) is 5.78. The monoisotopic (exact) mass is 406 g/mol. The topological polar surface area (TPSA) is 51.0 Å². The van der Waals surface area contributed by atoms with E-state index >= 15 is 0 Å². The van der Waals surface area contributed by atoms with Crippen molar-refractivity contribution in [1.29, 1.82) is 0 Å². The number of carbonyl (C=O) groups excluding carboxylic acids is 1. The lowest BCUT2D eigenvalue weighted by Crippen LogP contribution is -2.34. The van der Waals surface area contributed by atoms with Gasteiger partial charge in [-0.1, -0.05) is 29.8 Å². The van der Waals surface area contributed by atoms with Crippen molar-refractivity contribution in [2.24, 2.45) is 0 Å². The third kappa shape index (κ3) is 3.96. The van der Waals surface area contributed by atoms with Crippen LogP contribution in [0.3, 0.4) is 0 Å². The smallest absolute Gasteiger partial charge is 0.251 e. The zero-order valence-electron chi connectivity index (χ0n) is 16.6. The molecule has 1 aliphatic heterocycles. The minimum Gasteiger partial charge on any atom is -0.307 e. The molecule has 0 atom stereocenters. The molecular weight excluding hydrogens is 384 g/mol. The highest BCUT2D eigenvalue weighted by Crippen LogP contribution is 2.26. The van der Waals surface area contributed by atoms with Gasteiger partial charge in [0.2, 0.25) is 0 Å². The molecule has 0 bridgehead atoms. The number of halogens is 1. The third-order valence-electron chi connectivity index (χ3n) is 5.33. The first kappa shape index (κ1) is 19.4. The fourth-order valence-electron chi connectivity index (χ4n) is 3.76. The van der Waals surface area contributed by atoms with E-state index in [-0.39, 0.29) is 5.91 Å². The summed E-state index contributed by atoms with van der Waals surface area (Å²) in [6.45, 7) is 5.28. The van der Waals surface area contributed by atoms with E-state index < -0.39 is 0 Å². The van der Waals surface area contributed by atoms with Crippen molar-refractivity contribution in [2.75, 3.05) is 11.4 Å². The van der Waals surface area contributed by atoms with Gasteiger partial charge in [-0.15, -0.1) is 0 Å². The van der Waals surface area contributed by atoms with Crippen LogP contribution in [-0.2, 0) is 17.8 Å². The summed E-state index contributed by atoms with van der Waals surface area (Å²) in [5.74, 6) is -0.0309. The first-order chi connectivity index (χ1) is 14.0. The lowest BCUT2D eigenvalue weighted by molar-refractivity contribution is -0.114. The first-order valence-electron chi connectivity index (χ1n) is 9.75. The maximum absolute atomic E-state index is 12.9. The van der Waals surface area contributed by atoms with E-state index in [9.17, 15) is 4.79 Å². The number of pyridine rings is 1. The Morgan fingerprint density at radius 3 is 2.86 bits per heavy atom. The highest BCUT2D eigenvalue weighted by molar-refractivity contribution is 6.31. The minimum absolute atomic E-state index is 0.0309. The van der Waals surface area contributed by atoms with Gasteiger partial charge in [-0.25, -0.2) is 0 Å². The summed E-state index contributed by atoms with van der Waals surface area (Å²) >= 11 is 6.29. The Kier molecular flexibility index (Phi) is 5.49. The van der Waals surface area contributed by atoms with Crippen molar-refractivity contribution in [3.8, 4) is 0 Å². The van der Waals surface area contributed by atoms with Crippen molar-refractivity contribution < 1.29 is 4.79 Å². The van der Waals surface area contributed by atoms with Crippen molar-refractivity contribution in [3.63, 3.8) is 0 Å². The highest BCUT2D eigenvalue weighted by atomic mass is 35.5. The standard InChI is InChI=1S/C23H23ClN4O/c1-16-19(17(2)28(26-16)15-18-7-3-4-8-20(18)24)11-12-23(29)27-14-6-9-21-22(27)10-5-13-25-21/h3-5,7-8,10-13H,6,9,14-15H2,1-2H3/b12-11+. The number of nitrogens with zero attached hydrogens (tertiary/aromatic N) is 4. The summed E-state index contributed by atoms with van der Waals surface area (Å²) in [7, 11) is 0. The van der Waals surface area contributed by atoms with Crippen LogP contribution in [0.2, 0.25) is 5.02 Å². The second kappa shape index (κ2) is 8.21. The minimum atomic E-state index is -0.0309. The molecule has 0 unspecified atom stereocenters. The fourth-order valence-corrected chi connectivity index (χ4v) is 3.96. The Labute approximate surface area is 175 Å². The molecule has 6 heteroatoms. The first-order valence-corrected chi connectivity index (χ1v) is 10.1. The second-order valence-electron chi connectivity index (χ2n) is 7.23. The average Bonchev–Trinajstić information content (AvgIpc) is 3.00. The lowest BCUT2D eigenvalue weighted by atomic mass is 10.1. The van der Waals surface area contributed by atoms with E-state index in [0.29, 0.717) is 13.1 Å². The number of aromatic nitrogens is 3. The van der Waals surface area contributed by atoms with Crippen molar-refractivity contribution >= 4 is 29.3 Å². The van der Waals surface area contributed by atoms with E-state index in [2.05, 4.69) is 10.1 Å². The molecule has 0 radical (unpaired) electrons. The summed E-state index contributed by atoms with van der Waals surface area (Å²) < 4.78 is 1.93. The number of benzene rings is 1. The molecule has 0 saturated carbocycles. The normalized spacial score (nSPS) is 13.7. The number of rotatable bonds is 4. The summed E-state index contributed by atoms with van der Waals surface area (Å²) in [6, 6.07) is 11.6. The molecule has 148 valence electrons. The van der Waals surface area contributed by atoms with Crippen molar-refractivity contribution in [3.05, 3.63) is 81.9 Å². The van der Waals surface area contributed by atoms with Gasteiger partial charge in [-0.3, -0.25) is 14.5 Å². The maximum Gasteiger partial charge on any atom is 0.251 e. The molecule has 0 fully saturated rings. The Hall–Kier alpha value is -2.92. The quantitative estimate of drug-likeness (QED) is 0.595. The Morgan fingerprint density at radius 2 is 2.03 bits per heavy atom. The molecule has 3 aromatic rings. The van der Waals surface area contributed by atoms with Crippen LogP contribution in [0.4, 0.5) is 5.69 Å². The zero-order valence-corrected chi connectivity index (χ0v) is 17.4. The van der Waals surface area contributed by atoms with Gasteiger partial charge in [-0.2, -0.15) is 5.10 Å². The number of aryl methyl sites for hydroxylation is 2. The van der Waals surface area contributed by atoms with Crippen molar-refractivity contribution in [1.82, 2.24) is 14.8 Å². The molecule has 1 aromatic carbocycles. The summed E-state index contributed by atoms with van der Waals surface area (Å²) in [6.07, 6.45) is 7.13. The predicted octanol–water partition coefficient (Wildman–Crippen LogP) is 4.59. The summed E-state index contributed by atoms with van der Waals surface area (Å²) in [4.78, 5) is 19.1. The van der Waals surface area contributed by atoms with E-state index in [0.717, 1.165) is 51.8 Å². The Bertz CT molecular complexity index is 1090. The Morgan fingerprint density at radius 1 is 1.21 bits per heavy atom. The molecule has 0 spiro atoms. The van der Waals surface area contributed by atoms with Crippen LogP contribution >= 0.6 is 11.6 Å². The van der Waals surface area contributed by atoms with Crippen molar-refractivity contribution in [2.45, 2.75) is 33.2 Å². The summed E-state index contributed by atoms with van der Waals surface area (Å²) in [5, 5.41) is 5.37. The van der Waals surface area contributed by atoms with Gasteiger partial charge in [0, 0.05) is 35.1 Å². The van der Waals surface area contributed by atoms with Crippen LogP contribution in [0.1, 0.15) is 34.6 Å². The van der Waals surface area contributed by atoms with E-state index in [1.54, 1.807) is 17.2 Å². The number of amides is 1. The van der Waals surface area contributed by atoms with Gasteiger partial charge in [0.15, 0.2) is 0 Å². The molecule has 0 saturated heterocycles. The molecule has 0 aliphatic carbocycles. The molecule has 0 N–H and O–H groups in total. The molecule has 1 amide bonds. The van der Waals surface area contributed by atoms with Gasteiger partial charge in [-0.05, 0) is 56.5 Å². The molecule has 29 heavy (non-hydrogen) atoms. The van der Waals surface area contributed by atoms with Gasteiger partial charge in [0.25, 0.3) is 5.91 Å². The third-order valence-corrected chi connectivity index (χ3v) is 5.70. The average molecular weight is 407 g/mol. The van der Waals surface area contributed by atoms with Crippen LogP contribution in [0.5, 0.6) is 0 Å². The lowest BCUT2D eigenvalue weighted by Gasteiger charge is -2.27. The number of hydrogen-bond acceptors (Lipinski definition) is 3. The SMILES string of the molecule is Cc1nn(Cc2ccccc2Cl)c(C)c1/C=C/C(=O)N1CCCc2ncccc21. The zero-order chi connectivity index (χ0) is 20.4. The van der Waals surface area contributed by atoms with E-state index in [1.165, 1.54) is 0 Å². The van der Waals surface area contributed by atoms with Gasteiger partial charge >= 0.3 is 0 Å². The number of fused-ring (bicyclic) bond motifs is 1. The number of hydrogen-bond donors (Lipinski definition) is 0. The second-order valence-corrected chi connectivity index (χ2v) is 7.64. The van der Waals surface area contributed by atoms with Crippen LogP contribution in [0.15, 0.2) is 48.7 Å². The van der Waals surface area contributed by atoms with Crippen LogP contribution in [0.25, 0.3) is 6.08 Å². The largest absolute Gasteiger partial charge is 0.307 e. The van der Waals surface area contributed by atoms with Crippen LogP contribution < -0.4 is 4.90 Å². The van der Waals surface area contributed by atoms with E-state index in [1.807, 2.05) is 61.0 Å². The van der Waals surface area contributed by atoms with Crippen LogP contribution in [0, 0.1) is 13.8 Å². The highest BCUT2D eigenvalue weighted by Gasteiger charge is 2.21. The molecule has 5 nitrogen and oxygen atoms in total. The molecule has 4 rings (SSSR count). The van der Waals surface area contributed by atoms with Gasteiger partial charge < -0.3 is 4.90 Å². The molecule has 3 heterocycles. The van der Waals surface area contributed by atoms with Gasteiger partial charge in [0.1, 0.15) is 0 Å². The molecule has 1 aliphatic rings. The van der Waals surface area contributed by atoms with Gasteiger partial charge in [0.05, 0.1) is 23.6 Å².